The van der Waals surface area contributed by atoms with Crippen molar-refractivity contribution in [2.75, 3.05) is 24.2 Å². The van der Waals surface area contributed by atoms with Crippen LogP contribution in [0.3, 0.4) is 0 Å². The van der Waals surface area contributed by atoms with Gasteiger partial charge in [0.2, 0.25) is 0 Å². The van der Waals surface area contributed by atoms with Gasteiger partial charge < -0.3 is 10.6 Å². The smallest absolute Gasteiger partial charge is 0.148 e. The Labute approximate surface area is 82.5 Å². The van der Waals surface area contributed by atoms with Gasteiger partial charge in [0.05, 0.1) is 23.5 Å². The molecule has 3 nitrogen and oxygen atoms in total. The van der Waals surface area contributed by atoms with Crippen LogP contribution in [0.5, 0.6) is 0 Å². The number of anilines is 2. The van der Waals surface area contributed by atoms with Crippen molar-refractivity contribution in [1.29, 1.82) is 0 Å². The number of hydrogen-bond donors (Lipinski definition) is 1. The van der Waals surface area contributed by atoms with Crippen molar-refractivity contribution in [1.82, 2.24) is 4.98 Å². The maximum absolute atomic E-state index is 5.91. The predicted molar refractivity (Wildman–Crippen MR) is 55.8 cm³/mol. The van der Waals surface area contributed by atoms with Gasteiger partial charge >= 0.3 is 0 Å². The van der Waals surface area contributed by atoms with E-state index in [-0.39, 0.29) is 0 Å². The van der Waals surface area contributed by atoms with E-state index >= 15 is 0 Å². The summed E-state index contributed by atoms with van der Waals surface area (Å²) in [6.07, 6.45) is 6.71. The Balaban J connectivity index is 2.96. The van der Waals surface area contributed by atoms with Gasteiger partial charge in [0.15, 0.2) is 0 Å². The number of nitrogen functional groups attached to an aromatic ring is 1. The van der Waals surface area contributed by atoms with Crippen molar-refractivity contribution in [2.45, 2.75) is 0 Å². The highest BCUT2D eigenvalue weighted by molar-refractivity contribution is 6.33. The summed E-state index contributed by atoms with van der Waals surface area (Å²) < 4.78 is 0. The number of nitrogens with two attached hydrogens (primary N) is 1. The summed E-state index contributed by atoms with van der Waals surface area (Å²) in [5, 5.41) is 0.512. The van der Waals surface area contributed by atoms with E-state index < -0.39 is 0 Å². The van der Waals surface area contributed by atoms with Crippen LogP contribution in [0.1, 0.15) is 0 Å². The average molecular weight is 196 g/mol. The predicted octanol–water partition coefficient (Wildman–Crippen LogP) is 1.39. The number of hydrogen-bond acceptors (Lipinski definition) is 3. The monoisotopic (exact) mass is 195 g/mol. The number of halogens is 1. The highest BCUT2D eigenvalue weighted by Gasteiger charge is 2.06. The second kappa shape index (κ2) is 4.01. The van der Waals surface area contributed by atoms with Crippen molar-refractivity contribution < 1.29 is 0 Å². The fraction of sp³-hybridized carbons (Fsp3) is 0.222. The van der Waals surface area contributed by atoms with Crippen LogP contribution < -0.4 is 10.6 Å². The molecule has 0 fully saturated rings. The maximum Gasteiger partial charge on any atom is 0.148 e. The topological polar surface area (TPSA) is 42.2 Å². The first-order chi connectivity index (χ1) is 6.15. The van der Waals surface area contributed by atoms with Gasteiger partial charge in [0.1, 0.15) is 5.82 Å². The zero-order valence-electron chi connectivity index (χ0n) is 7.29. The summed E-state index contributed by atoms with van der Waals surface area (Å²) in [6, 6.07) is 1.65. The summed E-state index contributed by atoms with van der Waals surface area (Å²) in [6.45, 7) is 0.469. The molecule has 0 spiro atoms. The fourth-order valence-electron chi connectivity index (χ4n) is 0.938. The first-order valence-corrected chi connectivity index (χ1v) is 4.08. The van der Waals surface area contributed by atoms with Crippen molar-refractivity contribution in [3.05, 3.63) is 17.3 Å². The molecule has 1 heterocycles. The summed E-state index contributed by atoms with van der Waals surface area (Å²) in [5.41, 5.74) is 6.04. The molecule has 0 saturated carbocycles. The molecule has 1 aromatic rings. The van der Waals surface area contributed by atoms with E-state index in [9.17, 15) is 0 Å². The van der Waals surface area contributed by atoms with E-state index in [4.69, 9.17) is 23.8 Å². The Morgan fingerprint density at radius 1 is 1.77 bits per heavy atom. The number of aromatic nitrogens is 1. The Morgan fingerprint density at radius 3 is 3.00 bits per heavy atom. The van der Waals surface area contributed by atoms with E-state index in [0.29, 0.717) is 23.1 Å². The second-order valence-corrected chi connectivity index (χ2v) is 3.04. The molecule has 4 heteroatoms. The quantitative estimate of drug-likeness (QED) is 0.726. The lowest BCUT2D eigenvalue weighted by Gasteiger charge is -2.15. The van der Waals surface area contributed by atoms with Gasteiger partial charge in [0, 0.05) is 7.05 Å². The molecule has 13 heavy (non-hydrogen) atoms. The summed E-state index contributed by atoms with van der Waals surface area (Å²) in [5.74, 6) is 3.15. The minimum Gasteiger partial charge on any atom is -0.397 e. The minimum absolute atomic E-state index is 0.469. The van der Waals surface area contributed by atoms with Crippen molar-refractivity contribution in [2.24, 2.45) is 0 Å². The molecule has 0 radical (unpaired) electrons. The second-order valence-electron chi connectivity index (χ2n) is 2.63. The van der Waals surface area contributed by atoms with Crippen LogP contribution in [0, 0.1) is 12.3 Å². The Bertz CT molecular complexity index is 343. The van der Waals surface area contributed by atoms with Crippen LogP contribution >= 0.6 is 11.6 Å². The normalized spacial score (nSPS) is 9.31. The van der Waals surface area contributed by atoms with Crippen LogP contribution in [0.25, 0.3) is 0 Å². The fourth-order valence-corrected chi connectivity index (χ4v) is 1.26. The molecule has 0 aromatic carbocycles. The van der Waals surface area contributed by atoms with Crippen molar-refractivity contribution >= 4 is 23.1 Å². The molecule has 0 bridgehead atoms. The lowest BCUT2D eigenvalue weighted by molar-refractivity contribution is 1.01. The molecular weight excluding hydrogens is 186 g/mol. The lowest BCUT2D eigenvalue weighted by Crippen LogP contribution is -2.18. The zero-order chi connectivity index (χ0) is 9.84. The van der Waals surface area contributed by atoms with Crippen LogP contribution in [0.15, 0.2) is 12.3 Å². The molecule has 0 aliphatic heterocycles. The molecule has 1 aromatic heterocycles. The number of terminal acetylenes is 1. The molecule has 0 saturated heterocycles. The highest BCUT2D eigenvalue weighted by Crippen LogP contribution is 2.23. The molecular formula is C9H10ClN3. The van der Waals surface area contributed by atoms with E-state index in [1.165, 1.54) is 0 Å². The van der Waals surface area contributed by atoms with Crippen molar-refractivity contribution in [3.8, 4) is 12.3 Å². The maximum atomic E-state index is 5.91. The van der Waals surface area contributed by atoms with E-state index in [0.717, 1.165) is 0 Å². The third-order valence-electron chi connectivity index (χ3n) is 1.53. The van der Waals surface area contributed by atoms with Gasteiger partial charge in [-0.1, -0.05) is 17.5 Å². The number of rotatable bonds is 2. The standard InChI is InChI=1S/C9H10ClN3/c1-3-4-13(2)9-8(10)5-7(11)6-12-9/h1,5-6H,4,11H2,2H3. The molecule has 0 aliphatic carbocycles. The SMILES string of the molecule is C#CCN(C)c1ncc(N)cc1Cl. The molecule has 1 rings (SSSR count). The van der Waals surface area contributed by atoms with Gasteiger partial charge in [-0.2, -0.15) is 0 Å². The van der Waals surface area contributed by atoms with Gasteiger partial charge in [-0.05, 0) is 6.07 Å². The number of pyridine rings is 1. The van der Waals surface area contributed by atoms with Gasteiger partial charge in [-0.15, -0.1) is 6.42 Å². The van der Waals surface area contributed by atoms with Crippen molar-refractivity contribution in [3.63, 3.8) is 0 Å². The third-order valence-corrected chi connectivity index (χ3v) is 1.81. The van der Waals surface area contributed by atoms with Crippen LogP contribution in [-0.2, 0) is 0 Å². The Kier molecular flexibility index (Phi) is 2.99. The minimum atomic E-state index is 0.469. The van der Waals surface area contributed by atoms with Gasteiger partial charge in [-0.3, -0.25) is 0 Å². The van der Waals surface area contributed by atoms with Crippen LogP contribution in [-0.4, -0.2) is 18.6 Å². The van der Waals surface area contributed by atoms with Gasteiger partial charge in [0.25, 0.3) is 0 Å². The third kappa shape index (κ3) is 2.27. The van der Waals surface area contributed by atoms with E-state index in [2.05, 4.69) is 10.9 Å². The zero-order valence-corrected chi connectivity index (χ0v) is 8.04. The van der Waals surface area contributed by atoms with E-state index in [1.54, 1.807) is 17.2 Å². The number of nitrogens with zero attached hydrogens (tertiary/aromatic N) is 2. The molecule has 0 aliphatic rings. The summed E-state index contributed by atoms with van der Waals surface area (Å²) in [4.78, 5) is 5.85. The Hall–Kier alpha value is -1.40. The average Bonchev–Trinajstić information content (AvgIpc) is 2.04. The molecule has 0 atom stereocenters. The summed E-state index contributed by atoms with van der Waals surface area (Å²) >= 11 is 5.91. The van der Waals surface area contributed by atoms with Gasteiger partial charge in [-0.25, -0.2) is 4.98 Å². The summed E-state index contributed by atoms with van der Waals surface area (Å²) in [7, 11) is 1.82. The van der Waals surface area contributed by atoms with Crippen LogP contribution in [0.2, 0.25) is 5.02 Å². The first-order valence-electron chi connectivity index (χ1n) is 3.70. The highest BCUT2D eigenvalue weighted by atomic mass is 35.5. The first kappa shape index (κ1) is 9.69. The molecule has 68 valence electrons. The molecule has 2 N–H and O–H groups in total. The van der Waals surface area contributed by atoms with E-state index in [1.807, 2.05) is 7.05 Å². The lowest BCUT2D eigenvalue weighted by atomic mass is 10.4. The Morgan fingerprint density at radius 2 is 2.46 bits per heavy atom. The molecule has 0 unspecified atom stereocenters. The molecule has 0 amide bonds. The largest absolute Gasteiger partial charge is 0.397 e. The van der Waals surface area contributed by atoms with Crippen LogP contribution in [0.4, 0.5) is 11.5 Å².